The number of carbonyl (C=O) groups is 1. The van der Waals surface area contributed by atoms with Gasteiger partial charge in [0.2, 0.25) is 5.91 Å². The number of allylic oxidation sites excluding steroid dienone is 1. The maximum atomic E-state index is 12.9. The van der Waals surface area contributed by atoms with Gasteiger partial charge in [-0.15, -0.1) is 16.8 Å². The highest BCUT2D eigenvalue weighted by molar-refractivity contribution is 7.99. The minimum absolute atomic E-state index is 0.00282. The van der Waals surface area contributed by atoms with E-state index in [0.717, 1.165) is 30.0 Å². The van der Waals surface area contributed by atoms with Crippen molar-refractivity contribution in [2.45, 2.75) is 24.5 Å². The number of aromatic nitrogens is 3. The van der Waals surface area contributed by atoms with Crippen LogP contribution in [0, 0.1) is 0 Å². The van der Waals surface area contributed by atoms with Gasteiger partial charge < -0.3 is 14.8 Å². The van der Waals surface area contributed by atoms with Crippen LogP contribution in [-0.4, -0.2) is 33.5 Å². The van der Waals surface area contributed by atoms with E-state index in [2.05, 4.69) is 22.1 Å². The molecule has 0 aliphatic rings. The Balaban J connectivity index is 1.66. The zero-order valence-corrected chi connectivity index (χ0v) is 19.5. The number of thioether (sulfide) groups is 1. The van der Waals surface area contributed by atoms with E-state index >= 15 is 0 Å². The van der Waals surface area contributed by atoms with E-state index in [0.29, 0.717) is 29.0 Å². The largest absolute Gasteiger partial charge is 0.493 e. The lowest BCUT2D eigenvalue weighted by molar-refractivity contribution is -0.137. The van der Waals surface area contributed by atoms with Crippen molar-refractivity contribution in [2.24, 2.45) is 0 Å². The number of nitrogens with zero attached hydrogens (tertiary/aromatic N) is 3. The van der Waals surface area contributed by atoms with Crippen molar-refractivity contribution in [1.82, 2.24) is 14.8 Å². The van der Waals surface area contributed by atoms with Crippen molar-refractivity contribution in [3.05, 3.63) is 71.5 Å². The number of anilines is 1. The first kappa shape index (κ1) is 25.4. The first-order valence-electron chi connectivity index (χ1n) is 9.81. The van der Waals surface area contributed by atoms with Gasteiger partial charge in [0.05, 0.1) is 29.1 Å². The van der Waals surface area contributed by atoms with Crippen molar-refractivity contribution in [2.75, 3.05) is 18.2 Å². The first-order chi connectivity index (χ1) is 16.2. The van der Waals surface area contributed by atoms with Crippen LogP contribution in [0.1, 0.15) is 11.4 Å². The zero-order chi connectivity index (χ0) is 24.7. The van der Waals surface area contributed by atoms with Crippen LogP contribution in [0.3, 0.4) is 0 Å². The van der Waals surface area contributed by atoms with Gasteiger partial charge in [0.1, 0.15) is 6.61 Å². The van der Waals surface area contributed by atoms with E-state index in [-0.39, 0.29) is 23.1 Å². The van der Waals surface area contributed by atoms with Crippen LogP contribution in [0.25, 0.3) is 0 Å². The average molecular weight is 513 g/mol. The lowest BCUT2D eigenvalue weighted by atomic mass is 10.2. The van der Waals surface area contributed by atoms with Crippen molar-refractivity contribution in [3.8, 4) is 11.5 Å². The van der Waals surface area contributed by atoms with Gasteiger partial charge in [-0.2, -0.15) is 13.2 Å². The number of hydrogen-bond acceptors (Lipinski definition) is 6. The number of ether oxygens (including phenoxy) is 2. The molecule has 34 heavy (non-hydrogen) atoms. The van der Waals surface area contributed by atoms with Crippen LogP contribution < -0.4 is 14.8 Å². The van der Waals surface area contributed by atoms with Crippen LogP contribution >= 0.6 is 23.4 Å². The molecular weight excluding hydrogens is 493 g/mol. The third kappa shape index (κ3) is 6.45. The average Bonchev–Trinajstić information content (AvgIpc) is 3.19. The van der Waals surface area contributed by atoms with Crippen LogP contribution in [0.4, 0.5) is 18.9 Å². The first-order valence-corrected chi connectivity index (χ1v) is 11.2. The molecule has 0 atom stereocenters. The summed E-state index contributed by atoms with van der Waals surface area (Å²) >= 11 is 7.00. The van der Waals surface area contributed by atoms with Gasteiger partial charge >= 0.3 is 6.18 Å². The lowest BCUT2D eigenvalue weighted by Crippen LogP contribution is -2.16. The molecule has 0 bridgehead atoms. The molecular formula is C22H20ClF3N4O3S. The third-order valence-corrected chi connectivity index (χ3v) is 5.73. The summed E-state index contributed by atoms with van der Waals surface area (Å²) in [7, 11) is 1.54. The Labute approximate surface area is 202 Å². The number of amides is 1. The standard InChI is InChI=1S/C22H20ClF3N4O3S/c1-3-10-30-19(12-33-18-7-5-4-6-17(18)32-2)28-29-21(30)34-13-20(31)27-16-11-14(22(24,25)26)8-9-15(16)23/h3-9,11H,1,10,12-13H2,2H3,(H,27,31). The molecule has 3 aromatic rings. The number of benzene rings is 2. The van der Waals surface area contributed by atoms with Crippen molar-refractivity contribution in [3.63, 3.8) is 0 Å². The predicted octanol–water partition coefficient (Wildman–Crippen LogP) is 5.45. The van der Waals surface area contributed by atoms with Crippen LogP contribution in [0.5, 0.6) is 11.5 Å². The van der Waals surface area contributed by atoms with E-state index in [1.165, 1.54) is 7.11 Å². The number of rotatable bonds is 10. The molecule has 0 aliphatic heterocycles. The van der Waals surface area contributed by atoms with Crippen molar-refractivity contribution in [1.29, 1.82) is 0 Å². The van der Waals surface area contributed by atoms with Gasteiger partial charge in [-0.05, 0) is 30.3 Å². The van der Waals surface area contributed by atoms with E-state index in [4.69, 9.17) is 21.1 Å². The van der Waals surface area contributed by atoms with Gasteiger partial charge in [-0.1, -0.05) is 41.6 Å². The molecule has 3 rings (SSSR count). The summed E-state index contributed by atoms with van der Waals surface area (Å²) in [5.41, 5.74) is -1.04. The Morgan fingerprint density at radius 2 is 1.97 bits per heavy atom. The molecule has 0 saturated carbocycles. The topological polar surface area (TPSA) is 78.3 Å². The number of carbonyl (C=O) groups excluding carboxylic acids is 1. The monoisotopic (exact) mass is 512 g/mol. The number of nitrogens with one attached hydrogen (secondary N) is 1. The number of methoxy groups -OCH3 is 1. The fourth-order valence-electron chi connectivity index (χ4n) is 2.84. The lowest BCUT2D eigenvalue weighted by Gasteiger charge is -2.12. The molecule has 0 spiro atoms. The molecule has 0 radical (unpaired) electrons. The molecule has 1 heterocycles. The fourth-order valence-corrected chi connectivity index (χ4v) is 3.77. The number of alkyl halides is 3. The minimum Gasteiger partial charge on any atom is -0.493 e. The summed E-state index contributed by atoms with van der Waals surface area (Å²) < 4.78 is 51.6. The summed E-state index contributed by atoms with van der Waals surface area (Å²) in [4.78, 5) is 12.4. The summed E-state index contributed by atoms with van der Waals surface area (Å²) in [5.74, 6) is 0.914. The normalized spacial score (nSPS) is 11.2. The summed E-state index contributed by atoms with van der Waals surface area (Å²) in [6.45, 7) is 4.17. The highest BCUT2D eigenvalue weighted by atomic mass is 35.5. The molecule has 0 unspecified atom stereocenters. The minimum atomic E-state index is -4.55. The Bertz CT molecular complexity index is 1170. The van der Waals surface area contributed by atoms with Gasteiger partial charge in [0, 0.05) is 6.54 Å². The quantitative estimate of drug-likeness (QED) is 0.287. The Hall–Kier alpha value is -3.18. The van der Waals surface area contributed by atoms with E-state index < -0.39 is 17.6 Å². The molecule has 12 heteroatoms. The second-order valence-corrected chi connectivity index (χ2v) is 8.12. The molecule has 1 N–H and O–H groups in total. The summed E-state index contributed by atoms with van der Waals surface area (Å²) in [6, 6.07) is 9.87. The van der Waals surface area contributed by atoms with Crippen LogP contribution in [0.2, 0.25) is 5.02 Å². The molecule has 1 aromatic heterocycles. The highest BCUT2D eigenvalue weighted by Crippen LogP contribution is 2.34. The number of para-hydroxylation sites is 2. The molecule has 7 nitrogen and oxygen atoms in total. The summed E-state index contributed by atoms with van der Waals surface area (Å²) in [6.07, 6.45) is -2.91. The second kappa shape index (κ2) is 11.3. The summed E-state index contributed by atoms with van der Waals surface area (Å²) in [5, 5.41) is 11.0. The van der Waals surface area contributed by atoms with E-state index in [9.17, 15) is 18.0 Å². The van der Waals surface area contributed by atoms with E-state index in [1.54, 1.807) is 22.8 Å². The maximum absolute atomic E-state index is 12.9. The molecule has 1 amide bonds. The maximum Gasteiger partial charge on any atom is 0.416 e. The van der Waals surface area contributed by atoms with Gasteiger partial charge in [-0.25, -0.2) is 0 Å². The SMILES string of the molecule is C=CCn1c(COc2ccccc2OC)nnc1SCC(=O)Nc1cc(C(F)(F)F)ccc1Cl. The number of halogens is 4. The third-order valence-electron chi connectivity index (χ3n) is 4.43. The van der Waals surface area contributed by atoms with Gasteiger partial charge in [-0.3, -0.25) is 9.36 Å². The molecule has 180 valence electrons. The van der Waals surface area contributed by atoms with Crippen LogP contribution in [0.15, 0.2) is 60.3 Å². The zero-order valence-electron chi connectivity index (χ0n) is 17.9. The Kier molecular flexibility index (Phi) is 8.46. The van der Waals surface area contributed by atoms with E-state index in [1.807, 2.05) is 12.1 Å². The van der Waals surface area contributed by atoms with Gasteiger partial charge in [0.25, 0.3) is 0 Å². The van der Waals surface area contributed by atoms with Crippen LogP contribution in [-0.2, 0) is 24.1 Å². The molecule has 2 aromatic carbocycles. The predicted molar refractivity (Wildman–Crippen MR) is 123 cm³/mol. The second-order valence-electron chi connectivity index (χ2n) is 6.77. The smallest absolute Gasteiger partial charge is 0.416 e. The Morgan fingerprint density at radius 1 is 1.24 bits per heavy atom. The van der Waals surface area contributed by atoms with Crippen molar-refractivity contribution >= 4 is 35.0 Å². The fraction of sp³-hybridized carbons (Fsp3) is 0.227. The molecule has 0 aliphatic carbocycles. The molecule has 0 saturated heterocycles. The van der Waals surface area contributed by atoms with Crippen molar-refractivity contribution < 1.29 is 27.4 Å². The Morgan fingerprint density at radius 3 is 2.65 bits per heavy atom. The molecule has 0 fully saturated rings. The number of hydrogen-bond donors (Lipinski definition) is 1. The highest BCUT2D eigenvalue weighted by Gasteiger charge is 2.31. The van der Waals surface area contributed by atoms with Gasteiger partial charge in [0.15, 0.2) is 22.5 Å².